The van der Waals surface area contributed by atoms with Crippen LogP contribution >= 0.6 is 0 Å². The number of para-hydroxylation sites is 1. The van der Waals surface area contributed by atoms with E-state index >= 15 is 0 Å². The van der Waals surface area contributed by atoms with Gasteiger partial charge in [-0.2, -0.15) is 0 Å². The number of aromatic nitrogens is 1. The van der Waals surface area contributed by atoms with Crippen LogP contribution in [-0.4, -0.2) is 10.9 Å². The van der Waals surface area contributed by atoms with E-state index in [2.05, 4.69) is 10.3 Å². The molecule has 1 amide bonds. The summed E-state index contributed by atoms with van der Waals surface area (Å²) in [4.78, 5) is 16.1. The molecule has 0 bridgehead atoms. The molecule has 1 aromatic heterocycles. The van der Waals surface area contributed by atoms with Crippen LogP contribution in [0.4, 0.5) is 5.69 Å². The maximum Gasteiger partial charge on any atom is 0.277 e. The topological polar surface area (TPSA) is 81.1 Å². The molecule has 0 radical (unpaired) electrons. The summed E-state index contributed by atoms with van der Waals surface area (Å²) in [5.41, 5.74) is 6.84. The summed E-state index contributed by atoms with van der Waals surface area (Å²) in [5.74, 6) is 0.102. The molecule has 5 nitrogen and oxygen atoms in total. The smallest absolute Gasteiger partial charge is 0.277 e. The fourth-order valence-corrected chi connectivity index (χ4v) is 1.71. The van der Waals surface area contributed by atoms with Crippen LogP contribution in [0.1, 0.15) is 42.2 Å². The number of nitrogens with zero attached hydrogens (tertiary/aromatic N) is 1. The minimum Gasteiger partial charge on any atom is -0.446 e. The molecule has 0 saturated heterocycles. The van der Waals surface area contributed by atoms with Gasteiger partial charge < -0.3 is 15.5 Å². The molecule has 0 fully saturated rings. The van der Waals surface area contributed by atoms with Crippen LogP contribution in [0.15, 0.2) is 41.0 Å². The molecule has 100 valence electrons. The molecule has 2 aromatic rings. The van der Waals surface area contributed by atoms with Gasteiger partial charge in [0.15, 0.2) is 5.69 Å². The van der Waals surface area contributed by atoms with E-state index in [1.54, 1.807) is 0 Å². The van der Waals surface area contributed by atoms with Gasteiger partial charge in [0, 0.05) is 5.69 Å². The molecule has 1 heterocycles. The van der Waals surface area contributed by atoms with E-state index in [-0.39, 0.29) is 17.6 Å². The second-order valence-corrected chi connectivity index (χ2v) is 4.29. The van der Waals surface area contributed by atoms with Gasteiger partial charge in [0.1, 0.15) is 6.26 Å². The fraction of sp³-hybridized carbons (Fsp3) is 0.286. The van der Waals surface area contributed by atoms with Gasteiger partial charge in [-0.3, -0.25) is 4.79 Å². The lowest BCUT2D eigenvalue weighted by atomic mass is 10.2. The zero-order valence-electron chi connectivity index (χ0n) is 10.8. The third-order valence-corrected chi connectivity index (χ3v) is 2.70. The van der Waals surface area contributed by atoms with Crippen molar-refractivity contribution in [2.75, 3.05) is 5.32 Å². The summed E-state index contributed by atoms with van der Waals surface area (Å²) in [6.07, 6.45) is 3.05. The molecule has 2 rings (SSSR count). The zero-order valence-corrected chi connectivity index (χ0v) is 10.8. The largest absolute Gasteiger partial charge is 0.446 e. The van der Waals surface area contributed by atoms with Crippen molar-refractivity contribution in [1.82, 2.24) is 4.98 Å². The number of hydrogen-bond donors (Lipinski definition) is 2. The first kappa shape index (κ1) is 13.3. The molecule has 0 saturated carbocycles. The van der Waals surface area contributed by atoms with Crippen LogP contribution < -0.4 is 11.1 Å². The number of oxazole rings is 1. The van der Waals surface area contributed by atoms with Gasteiger partial charge in [-0.1, -0.05) is 31.5 Å². The highest BCUT2D eigenvalue weighted by Crippen LogP contribution is 2.16. The monoisotopic (exact) mass is 259 g/mol. The minimum atomic E-state index is -0.301. The number of rotatable bonds is 5. The molecule has 1 aromatic carbocycles. The Bertz CT molecular complexity index is 537. The molecule has 19 heavy (non-hydrogen) atoms. The van der Waals surface area contributed by atoms with Crippen molar-refractivity contribution in [3.63, 3.8) is 0 Å². The number of carbonyl (C=O) groups is 1. The molecule has 0 aliphatic rings. The Balaban J connectivity index is 2.04. The van der Waals surface area contributed by atoms with Gasteiger partial charge in [-0.25, -0.2) is 4.98 Å². The third-order valence-electron chi connectivity index (χ3n) is 2.70. The van der Waals surface area contributed by atoms with Crippen LogP contribution in [-0.2, 0) is 0 Å². The Morgan fingerprint density at radius 1 is 1.42 bits per heavy atom. The predicted octanol–water partition coefficient (Wildman–Crippen LogP) is 2.73. The van der Waals surface area contributed by atoms with E-state index in [4.69, 9.17) is 10.2 Å². The highest BCUT2D eigenvalue weighted by atomic mass is 16.3. The summed E-state index contributed by atoms with van der Waals surface area (Å²) >= 11 is 0. The average molecular weight is 259 g/mol. The first-order valence-corrected chi connectivity index (χ1v) is 6.28. The van der Waals surface area contributed by atoms with E-state index in [0.29, 0.717) is 5.89 Å². The highest BCUT2D eigenvalue weighted by molar-refractivity contribution is 6.02. The molecule has 0 aliphatic heterocycles. The number of carbonyl (C=O) groups excluding carboxylic acids is 1. The summed E-state index contributed by atoms with van der Waals surface area (Å²) in [5, 5.41) is 2.74. The van der Waals surface area contributed by atoms with Gasteiger partial charge >= 0.3 is 0 Å². The van der Waals surface area contributed by atoms with Gasteiger partial charge in [-0.05, 0) is 18.6 Å². The van der Waals surface area contributed by atoms with Crippen LogP contribution in [0, 0.1) is 0 Å². The normalized spacial score (nSPS) is 12.1. The van der Waals surface area contributed by atoms with E-state index < -0.39 is 0 Å². The first-order chi connectivity index (χ1) is 9.20. The van der Waals surface area contributed by atoms with Crippen molar-refractivity contribution in [3.8, 4) is 0 Å². The van der Waals surface area contributed by atoms with Crippen molar-refractivity contribution in [2.45, 2.75) is 25.8 Å². The zero-order chi connectivity index (χ0) is 13.7. The van der Waals surface area contributed by atoms with Crippen LogP contribution in [0.25, 0.3) is 0 Å². The molecule has 0 spiro atoms. The van der Waals surface area contributed by atoms with E-state index in [0.717, 1.165) is 18.5 Å². The van der Waals surface area contributed by atoms with Gasteiger partial charge in [0.25, 0.3) is 5.91 Å². The number of nitrogens with one attached hydrogen (secondary N) is 1. The summed E-state index contributed by atoms with van der Waals surface area (Å²) in [7, 11) is 0. The lowest BCUT2D eigenvalue weighted by molar-refractivity contribution is 0.102. The van der Waals surface area contributed by atoms with Crippen LogP contribution in [0.2, 0.25) is 0 Å². The fourth-order valence-electron chi connectivity index (χ4n) is 1.71. The Kier molecular flexibility index (Phi) is 4.30. The Morgan fingerprint density at radius 3 is 2.84 bits per heavy atom. The second kappa shape index (κ2) is 6.15. The third kappa shape index (κ3) is 3.42. The summed E-state index contributed by atoms with van der Waals surface area (Å²) in [6.45, 7) is 2.03. The number of nitrogens with two attached hydrogens (primary N) is 1. The molecule has 5 heteroatoms. The van der Waals surface area contributed by atoms with Crippen molar-refractivity contribution in [3.05, 3.63) is 48.2 Å². The molecular weight excluding hydrogens is 242 g/mol. The maximum absolute atomic E-state index is 11.9. The van der Waals surface area contributed by atoms with Gasteiger partial charge in [0.05, 0.1) is 6.04 Å². The lowest BCUT2D eigenvalue weighted by Crippen LogP contribution is -2.14. The highest BCUT2D eigenvalue weighted by Gasteiger charge is 2.16. The quantitative estimate of drug-likeness (QED) is 0.865. The summed E-state index contributed by atoms with van der Waals surface area (Å²) in [6, 6.07) is 8.93. The average Bonchev–Trinajstić information content (AvgIpc) is 2.90. The number of hydrogen-bond acceptors (Lipinski definition) is 4. The number of anilines is 1. The Morgan fingerprint density at radius 2 is 2.16 bits per heavy atom. The van der Waals surface area contributed by atoms with Gasteiger partial charge in [-0.15, -0.1) is 0 Å². The van der Waals surface area contributed by atoms with Gasteiger partial charge in [0.2, 0.25) is 5.89 Å². The predicted molar refractivity (Wildman–Crippen MR) is 72.7 cm³/mol. The van der Waals surface area contributed by atoms with E-state index in [1.165, 1.54) is 6.26 Å². The minimum absolute atomic E-state index is 0.241. The molecule has 0 aliphatic carbocycles. The van der Waals surface area contributed by atoms with Crippen LogP contribution in [0.3, 0.4) is 0 Å². The molecule has 1 unspecified atom stereocenters. The number of benzene rings is 1. The molecule has 3 N–H and O–H groups in total. The summed E-state index contributed by atoms with van der Waals surface area (Å²) < 4.78 is 5.24. The maximum atomic E-state index is 11.9. The molecule has 1 atom stereocenters. The van der Waals surface area contributed by atoms with Crippen molar-refractivity contribution in [1.29, 1.82) is 0 Å². The Hall–Kier alpha value is -2.14. The van der Waals surface area contributed by atoms with Crippen LogP contribution in [0.5, 0.6) is 0 Å². The number of amides is 1. The van der Waals surface area contributed by atoms with Crippen molar-refractivity contribution < 1.29 is 9.21 Å². The Labute approximate surface area is 111 Å². The second-order valence-electron chi connectivity index (χ2n) is 4.29. The first-order valence-electron chi connectivity index (χ1n) is 6.28. The lowest BCUT2D eigenvalue weighted by Gasteiger charge is -2.04. The van der Waals surface area contributed by atoms with E-state index in [1.807, 2.05) is 37.3 Å². The van der Waals surface area contributed by atoms with Crippen molar-refractivity contribution >= 4 is 11.6 Å². The standard InChI is InChI=1S/C14H17N3O2/c1-2-6-11(15)14-17-12(9-19-14)13(18)16-10-7-4-3-5-8-10/h3-5,7-9,11H,2,6,15H2,1H3,(H,16,18). The molecular formula is C14H17N3O2. The van der Waals surface area contributed by atoms with E-state index in [9.17, 15) is 4.79 Å². The van der Waals surface area contributed by atoms with Crippen molar-refractivity contribution in [2.24, 2.45) is 5.73 Å². The SMILES string of the molecule is CCCC(N)c1nc(C(=O)Nc2ccccc2)co1.